The molecule has 1 aromatic carbocycles. The Hall–Kier alpha value is -0.753. The molecular formula is C17H25Cl2NO3Si. The van der Waals surface area contributed by atoms with Crippen molar-refractivity contribution in [3.05, 3.63) is 27.7 Å². The Balaban J connectivity index is 2.07. The van der Waals surface area contributed by atoms with Crippen LogP contribution in [-0.2, 0) is 9.53 Å². The molecule has 0 bridgehead atoms. The number of rotatable bonds is 7. The van der Waals surface area contributed by atoms with Gasteiger partial charge in [-0.15, -0.1) is 0 Å². The minimum Gasteiger partial charge on any atom is -0.467 e. The molecule has 0 aromatic heterocycles. The van der Waals surface area contributed by atoms with Crippen molar-refractivity contribution in [1.29, 1.82) is 0 Å². The maximum absolute atomic E-state index is 11.7. The van der Waals surface area contributed by atoms with Crippen molar-refractivity contribution in [2.45, 2.75) is 51.0 Å². The number of nitrogens with one attached hydrogen (secondary N) is 1. The lowest BCUT2D eigenvalue weighted by atomic mass is 9.92. The Morgan fingerprint density at radius 1 is 1.29 bits per heavy atom. The summed E-state index contributed by atoms with van der Waals surface area (Å²) in [4.78, 5) is 11.7. The Kier molecular flexibility index (Phi) is 6.59. The van der Waals surface area contributed by atoms with Gasteiger partial charge < -0.3 is 14.8 Å². The molecule has 4 nitrogen and oxygen atoms in total. The molecule has 1 aromatic rings. The Morgan fingerprint density at radius 2 is 2.00 bits per heavy atom. The van der Waals surface area contributed by atoms with Crippen molar-refractivity contribution in [3.8, 4) is 5.75 Å². The monoisotopic (exact) mass is 389 g/mol. The van der Waals surface area contributed by atoms with E-state index in [4.69, 9.17) is 32.7 Å². The van der Waals surface area contributed by atoms with Gasteiger partial charge in [-0.1, -0.05) is 42.8 Å². The third-order valence-corrected chi connectivity index (χ3v) is 6.68. The summed E-state index contributed by atoms with van der Waals surface area (Å²) < 4.78 is 11.4. The van der Waals surface area contributed by atoms with Crippen LogP contribution in [-0.4, -0.2) is 33.4 Å². The van der Waals surface area contributed by atoms with E-state index >= 15 is 0 Å². The summed E-state index contributed by atoms with van der Waals surface area (Å²) in [6.45, 7) is 9.73. The molecule has 0 radical (unpaired) electrons. The second-order valence-electron chi connectivity index (χ2n) is 7.42. The molecule has 1 amide bonds. The Labute approximate surface area is 154 Å². The van der Waals surface area contributed by atoms with E-state index in [0.29, 0.717) is 28.8 Å². The molecule has 1 aliphatic heterocycles. The highest BCUT2D eigenvalue weighted by molar-refractivity contribution is 6.76. The van der Waals surface area contributed by atoms with Crippen LogP contribution in [0.15, 0.2) is 12.1 Å². The Morgan fingerprint density at radius 3 is 2.58 bits per heavy atom. The van der Waals surface area contributed by atoms with Crippen molar-refractivity contribution in [3.63, 3.8) is 0 Å². The lowest BCUT2D eigenvalue weighted by molar-refractivity contribution is -0.119. The van der Waals surface area contributed by atoms with Crippen LogP contribution < -0.4 is 10.1 Å². The number of hydrogen-bond donors (Lipinski definition) is 1. The summed E-state index contributed by atoms with van der Waals surface area (Å²) in [7, 11) is -1.12. The fraction of sp³-hybridized carbons (Fsp3) is 0.588. The van der Waals surface area contributed by atoms with Crippen molar-refractivity contribution in [2.75, 3.05) is 13.4 Å². The van der Waals surface area contributed by atoms with E-state index < -0.39 is 8.07 Å². The smallest absolute Gasteiger partial charge is 0.220 e. The summed E-state index contributed by atoms with van der Waals surface area (Å²) in [5, 5.41) is 3.82. The number of carbonyl (C=O) groups is 1. The molecule has 0 spiro atoms. The van der Waals surface area contributed by atoms with Gasteiger partial charge in [-0.05, 0) is 25.1 Å². The largest absolute Gasteiger partial charge is 0.467 e. The molecule has 1 heterocycles. The summed E-state index contributed by atoms with van der Waals surface area (Å²) >= 11 is 12.6. The molecule has 2 atom stereocenters. The van der Waals surface area contributed by atoms with E-state index in [1.54, 1.807) is 12.1 Å². The first-order chi connectivity index (χ1) is 11.2. The first-order valence-corrected chi connectivity index (χ1v) is 12.6. The molecule has 7 heteroatoms. The van der Waals surface area contributed by atoms with Gasteiger partial charge in [0.2, 0.25) is 5.91 Å². The second kappa shape index (κ2) is 8.08. The van der Waals surface area contributed by atoms with Crippen LogP contribution in [0.3, 0.4) is 0 Å². The predicted molar refractivity (Wildman–Crippen MR) is 101 cm³/mol. The zero-order chi connectivity index (χ0) is 17.9. The topological polar surface area (TPSA) is 47.6 Å². The SMILES string of the molecule is C[C@H]1NC(=O)C[C@@H]1c1c(OCOCC[Si](C)(C)C)ccc(Cl)c1Cl. The second-order valence-corrected chi connectivity index (χ2v) is 13.8. The number of hydrogen-bond acceptors (Lipinski definition) is 3. The normalized spacial score (nSPS) is 21.0. The van der Waals surface area contributed by atoms with Crippen LogP contribution in [0.2, 0.25) is 35.7 Å². The molecule has 1 fully saturated rings. The van der Waals surface area contributed by atoms with Gasteiger partial charge in [0.15, 0.2) is 6.79 Å². The molecule has 1 aliphatic rings. The number of halogens is 2. The maximum atomic E-state index is 11.7. The third kappa shape index (κ3) is 5.12. The fourth-order valence-electron chi connectivity index (χ4n) is 2.70. The highest BCUT2D eigenvalue weighted by Crippen LogP contribution is 2.42. The summed E-state index contributed by atoms with van der Waals surface area (Å²) in [6, 6.07) is 4.58. The van der Waals surface area contributed by atoms with Crippen molar-refractivity contribution in [1.82, 2.24) is 5.32 Å². The molecule has 24 heavy (non-hydrogen) atoms. The van der Waals surface area contributed by atoms with Gasteiger partial charge in [0.1, 0.15) is 5.75 Å². The summed E-state index contributed by atoms with van der Waals surface area (Å²) in [5.41, 5.74) is 0.781. The van der Waals surface area contributed by atoms with Gasteiger partial charge in [-0.2, -0.15) is 0 Å². The average molecular weight is 390 g/mol. The van der Waals surface area contributed by atoms with E-state index in [1.165, 1.54) is 0 Å². The van der Waals surface area contributed by atoms with Gasteiger partial charge in [-0.25, -0.2) is 0 Å². The predicted octanol–water partition coefficient (Wildman–Crippen LogP) is 4.68. The molecule has 2 rings (SSSR count). The number of ether oxygens (including phenoxy) is 2. The van der Waals surface area contributed by atoms with Crippen molar-refractivity contribution in [2.24, 2.45) is 0 Å². The molecule has 134 valence electrons. The third-order valence-electron chi connectivity index (χ3n) is 4.16. The molecule has 1 N–H and O–H groups in total. The molecular weight excluding hydrogens is 365 g/mol. The maximum Gasteiger partial charge on any atom is 0.220 e. The quantitative estimate of drug-likeness (QED) is 0.418. The summed E-state index contributed by atoms with van der Waals surface area (Å²) in [6.07, 6.45) is 0.383. The van der Waals surface area contributed by atoms with E-state index in [-0.39, 0.29) is 24.7 Å². The first-order valence-electron chi connectivity index (χ1n) is 8.17. The van der Waals surface area contributed by atoms with E-state index in [9.17, 15) is 4.79 Å². The standard InChI is InChI=1S/C17H25Cl2NO3Si/c1-11-12(9-15(21)20-11)16-14(6-5-13(18)17(16)19)23-10-22-7-8-24(2,3)4/h5-6,11-12H,7-10H2,1-4H3,(H,20,21)/t11-,12+/m1/s1. The van der Waals surface area contributed by atoms with Gasteiger partial charge in [0, 0.05) is 38.6 Å². The average Bonchev–Trinajstić information content (AvgIpc) is 2.80. The Bertz CT molecular complexity index is 604. The van der Waals surface area contributed by atoms with Crippen molar-refractivity contribution < 1.29 is 14.3 Å². The van der Waals surface area contributed by atoms with Gasteiger partial charge in [0.25, 0.3) is 0 Å². The van der Waals surface area contributed by atoms with Gasteiger partial charge in [-0.3, -0.25) is 4.79 Å². The van der Waals surface area contributed by atoms with Crippen molar-refractivity contribution >= 4 is 37.2 Å². The first kappa shape index (κ1) is 19.6. The minimum absolute atomic E-state index is 0.0105. The zero-order valence-corrected chi connectivity index (χ0v) is 17.1. The van der Waals surface area contributed by atoms with Crippen LogP contribution in [0.25, 0.3) is 0 Å². The lowest BCUT2D eigenvalue weighted by Crippen LogP contribution is -2.25. The lowest BCUT2D eigenvalue weighted by Gasteiger charge is -2.21. The van der Waals surface area contributed by atoms with Crippen LogP contribution in [0.4, 0.5) is 0 Å². The van der Waals surface area contributed by atoms with E-state index in [2.05, 4.69) is 25.0 Å². The summed E-state index contributed by atoms with van der Waals surface area (Å²) in [5.74, 6) is 0.590. The number of benzene rings is 1. The van der Waals surface area contributed by atoms with E-state index in [1.807, 2.05) is 6.92 Å². The highest BCUT2D eigenvalue weighted by atomic mass is 35.5. The fourth-order valence-corrected chi connectivity index (χ4v) is 3.92. The number of carbonyl (C=O) groups excluding carboxylic acids is 1. The van der Waals surface area contributed by atoms with Crippen LogP contribution in [0.5, 0.6) is 5.75 Å². The van der Waals surface area contributed by atoms with Crippen LogP contribution in [0, 0.1) is 0 Å². The van der Waals surface area contributed by atoms with E-state index in [0.717, 1.165) is 11.6 Å². The minimum atomic E-state index is -1.12. The van der Waals surface area contributed by atoms with Crippen LogP contribution in [0.1, 0.15) is 24.8 Å². The van der Waals surface area contributed by atoms with Gasteiger partial charge in [0.05, 0.1) is 10.0 Å². The molecule has 0 saturated carbocycles. The molecule has 0 aliphatic carbocycles. The van der Waals surface area contributed by atoms with Gasteiger partial charge >= 0.3 is 0 Å². The zero-order valence-electron chi connectivity index (χ0n) is 14.6. The molecule has 0 unspecified atom stereocenters. The number of amides is 1. The highest BCUT2D eigenvalue weighted by Gasteiger charge is 2.34. The van der Waals surface area contributed by atoms with Crippen LogP contribution >= 0.6 is 23.2 Å². The molecule has 1 saturated heterocycles.